The summed E-state index contributed by atoms with van der Waals surface area (Å²) in [5.41, 5.74) is 0. The molecule has 2 nitrogen and oxygen atoms in total. The summed E-state index contributed by atoms with van der Waals surface area (Å²) < 4.78 is 0. The Balaban J connectivity index is 2.09. The minimum atomic E-state index is 1.14. The molecule has 0 aromatic rings. The highest BCUT2D eigenvalue weighted by Crippen LogP contribution is 2.08. The molecule has 0 spiro atoms. The number of rotatable bonds is 3. The van der Waals surface area contributed by atoms with Gasteiger partial charge in [-0.25, -0.2) is 0 Å². The van der Waals surface area contributed by atoms with Crippen LogP contribution in [0.4, 0.5) is 0 Å². The highest BCUT2D eigenvalue weighted by molar-refractivity contribution is 4.63. The summed E-state index contributed by atoms with van der Waals surface area (Å²) in [5, 5.41) is 3.19. The number of hydrogen-bond donors (Lipinski definition) is 1. The first kappa shape index (κ1) is 9.01. The molecule has 0 aliphatic carbocycles. The molecular weight excluding hydrogens is 136 g/mol. The van der Waals surface area contributed by atoms with E-state index in [1.165, 1.54) is 45.3 Å². The number of nitrogens with one attached hydrogen (secondary N) is 1. The fraction of sp³-hybridized carbons (Fsp3) is 1.00. The Labute approximate surface area is 70.0 Å². The van der Waals surface area contributed by atoms with Crippen molar-refractivity contribution in [1.29, 1.82) is 0 Å². The van der Waals surface area contributed by atoms with Crippen LogP contribution in [0, 0.1) is 0 Å². The van der Waals surface area contributed by atoms with E-state index >= 15 is 0 Å². The van der Waals surface area contributed by atoms with Crippen molar-refractivity contribution >= 4 is 0 Å². The molecule has 2 heteroatoms. The Kier molecular flexibility index (Phi) is 4.55. The van der Waals surface area contributed by atoms with Gasteiger partial charge in [-0.1, -0.05) is 12.8 Å². The molecule has 1 aliphatic rings. The second-order valence-electron chi connectivity index (χ2n) is 3.36. The predicted molar refractivity (Wildman–Crippen MR) is 48.8 cm³/mol. The monoisotopic (exact) mass is 156 g/mol. The maximum Gasteiger partial charge on any atom is 0.0107 e. The van der Waals surface area contributed by atoms with Crippen LogP contribution in [0.5, 0.6) is 0 Å². The maximum absolute atomic E-state index is 3.19. The lowest BCUT2D eigenvalue weighted by molar-refractivity contribution is 0.287. The van der Waals surface area contributed by atoms with Crippen molar-refractivity contribution < 1.29 is 0 Å². The molecule has 0 saturated carbocycles. The first-order chi connectivity index (χ1) is 5.43. The molecular formula is C9H20N2. The van der Waals surface area contributed by atoms with Crippen molar-refractivity contribution in [3.63, 3.8) is 0 Å². The highest BCUT2D eigenvalue weighted by Gasteiger charge is 2.06. The predicted octanol–water partition coefficient (Wildman–Crippen LogP) is 1.08. The number of hydrogen-bond acceptors (Lipinski definition) is 2. The van der Waals surface area contributed by atoms with E-state index in [0.717, 1.165) is 6.54 Å². The van der Waals surface area contributed by atoms with Crippen LogP contribution in [0.2, 0.25) is 0 Å². The molecule has 1 aliphatic heterocycles. The summed E-state index contributed by atoms with van der Waals surface area (Å²) in [6.45, 7) is 5.01. The lowest BCUT2D eigenvalue weighted by atomic mass is 10.2. The molecule has 11 heavy (non-hydrogen) atoms. The highest BCUT2D eigenvalue weighted by atomic mass is 15.1. The van der Waals surface area contributed by atoms with Crippen LogP contribution in [0.15, 0.2) is 0 Å². The number of nitrogens with zero attached hydrogens (tertiary/aromatic N) is 1. The Morgan fingerprint density at radius 2 is 1.73 bits per heavy atom. The zero-order chi connectivity index (χ0) is 7.94. The first-order valence-corrected chi connectivity index (χ1v) is 4.80. The zero-order valence-electron chi connectivity index (χ0n) is 7.60. The van der Waals surface area contributed by atoms with Gasteiger partial charge < -0.3 is 10.2 Å². The van der Waals surface area contributed by atoms with E-state index in [1.807, 2.05) is 7.05 Å². The van der Waals surface area contributed by atoms with Gasteiger partial charge in [0, 0.05) is 13.1 Å². The molecule has 0 unspecified atom stereocenters. The molecule has 0 bridgehead atoms. The van der Waals surface area contributed by atoms with Gasteiger partial charge in [0.15, 0.2) is 0 Å². The quantitative estimate of drug-likeness (QED) is 0.658. The SMILES string of the molecule is CNCCN1CCCCCC1. The molecule has 1 heterocycles. The summed E-state index contributed by atoms with van der Waals surface area (Å²) in [4.78, 5) is 2.57. The van der Waals surface area contributed by atoms with E-state index in [9.17, 15) is 0 Å². The zero-order valence-corrected chi connectivity index (χ0v) is 7.60. The Morgan fingerprint density at radius 3 is 2.27 bits per heavy atom. The van der Waals surface area contributed by atoms with Gasteiger partial charge >= 0.3 is 0 Å². The largest absolute Gasteiger partial charge is 0.318 e. The number of likely N-dealkylation sites (tertiary alicyclic amines) is 1. The third-order valence-corrected chi connectivity index (χ3v) is 2.38. The second-order valence-corrected chi connectivity index (χ2v) is 3.36. The average Bonchev–Trinajstić information content (AvgIpc) is 2.28. The third-order valence-electron chi connectivity index (χ3n) is 2.38. The molecule has 1 saturated heterocycles. The third kappa shape index (κ3) is 3.73. The molecule has 0 aromatic carbocycles. The fourth-order valence-electron chi connectivity index (χ4n) is 1.63. The molecule has 0 aromatic heterocycles. The van der Waals surface area contributed by atoms with Gasteiger partial charge in [0.05, 0.1) is 0 Å². The van der Waals surface area contributed by atoms with E-state index in [2.05, 4.69) is 10.2 Å². The van der Waals surface area contributed by atoms with Crippen LogP contribution in [0.3, 0.4) is 0 Å². The summed E-state index contributed by atoms with van der Waals surface area (Å²) in [5.74, 6) is 0. The van der Waals surface area contributed by atoms with Crippen LogP contribution < -0.4 is 5.32 Å². The Bertz CT molecular complexity index is 85.6. The lowest BCUT2D eigenvalue weighted by Gasteiger charge is -2.18. The van der Waals surface area contributed by atoms with Crippen molar-refractivity contribution in [3.05, 3.63) is 0 Å². The van der Waals surface area contributed by atoms with E-state index in [-0.39, 0.29) is 0 Å². The molecule has 0 atom stereocenters. The summed E-state index contributed by atoms with van der Waals surface area (Å²) in [7, 11) is 2.03. The number of likely N-dealkylation sites (N-methyl/N-ethyl adjacent to an activating group) is 1. The normalized spacial score (nSPS) is 21.5. The van der Waals surface area contributed by atoms with Gasteiger partial charge in [-0.15, -0.1) is 0 Å². The average molecular weight is 156 g/mol. The Hall–Kier alpha value is -0.0800. The van der Waals surface area contributed by atoms with Crippen LogP contribution in [-0.2, 0) is 0 Å². The molecule has 0 amide bonds. The minimum Gasteiger partial charge on any atom is -0.318 e. The lowest BCUT2D eigenvalue weighted by Crippen LogP contribution is -2.31. The second kappa shape index (κ2) is 5.56. The van der Waals surface area contributed by atoms with Crippen LogP contribution >= 0.6 is 0 Å². The summed E-state index contributed by atoms with van der Waals surface area (Å²) in [6, 6.07) is 0. The van der Waals surface area contributed by atoms with E-state index in [4.69, 9.17) is 0 Å². The van der Waals surface area contributed by atoms with Crippen molar-refractivity contribution in [2.24, 2.45) is 0 Å². The van der Waals surface area contributed by atoms with Crippen LogP contribution in [0.25, 0.3) is 0 Å². The standard InChI is InChI=1S/C9H20N2/c1-10-6-9-11-7-4-2-3-5-8-11/h10H,2-9H2,1H3. The molecule has 1 rings (SSSR count). The van der Waals surface area contributed by atoms with E-state index < -0.39 is 0 Å². The van der Waals surface area contributed by atoms with Crippen molar-refractivity contribution in [1.82, 2.24) is 10.2 Å². The van der Waals surface area contributed by atoms with Gasteiger partial charge in [0.1, 0.15) is 0 Å². The minimum absolute atomic E-state index is 1.14. The summed E-state index contributed by atoms with van der Waals surface area (Å²) >= 11 is 0. The molecule has 1 fully saturated rings. The topological polar surface area (TPSA) is 15.3 Å². The van der Waals surface area contributed by atoms with Gasteiger partial charge in [-0.3, -0.25) is 0 Å². The summed E-state index contributed by atoms with van der Waals surface area (Å²) in [6.07, 6.45) is 5.69. The van der Waals surface area contributed by atoms with Gasteiger partial charge in [0.25, 0.3) is 0 Å². The van der Waals surface area contributed by atoms with E-state index in [0.29, 0.717) is 0 Å². The van der Waals surface area contributed by atoms with E-state index in [1.54, 1.807) is 0 Å². The van der Waals surface area contributed by atoms with Crippen molar-refractivity contribution in [3.8, 4) is 0 Å². The van der Waals surface area contributed by atoms with Crippen molar-refractivity contribution in [2.75, 3.05) is 33.2 Å². The fourth-order valence-corrected chi connectivity index (χ4v) is 1.63. The van der Waals surface area contributed by atoms with Crippen LogP contribution in [-0.4, -0.2) is 38.1 Å². The van der Waals surface area contributed by atoms with Crippen LogP contribution in [0.1, 0.15) is 25.7 Å². The van der Waals surface area contributed by atoms with Gasteiger partial charge in [-0.05, 0) is 33.0 Å². The Morgan fingerprint density at radius 1 is 1.09 bits per heavy atom. The molecule has 1 N–H and O–H groups in total. The van der Waals surface area contributed by atoms with Crippen molar-refractivity contribution in [2.45, 2.75) is 25.7 Å². The molecule has 66 valence electrons. The van der Waals surface area contributed by atoms with Gasteiger partial charge in [0.2, 0.25) is 0 Å². The van der Waals surface area contributed by atoms with Gasteiger partial charge in [-0.2, -0.15) is 0 Å². The molecule has 0 radical (unpaired) electrons. The maximum atomic E-state index is 3.19. The smallest absolute Gasteiger partial charge is 0.0107 e. The first-order valence-electron chi connectivity index (χ1n) is 4.80.